The van der Waals surface area contributed by atoms with Crippen LogP contribution in [0.1, 0.15) is 25.1 Å². The van der Waals surface area contributed by atoms with E-state index in [2.05, 4.69) is 22.3 Å². The molecule has 1 heterocycles. The number of aryl methyl sites for hydroxylation is 1. The van der Waals surface area contributed by atoms with Crippen LogP contribution in [-0.4, -0.2) is 16.8 Å². The summed E-state index contributed by atoms with van der Waals surface area (Å²) in [6, 6.07) is 2.26. The molecule has 1 rings (SSSR count). The second kappa shape index (κ2) is 4.68. The summed E-state index contributed by atoms with van der Waals surface area (Å²) in [4.78, 5) is 0. The Bertz CT molecular complexity index is 316. The van der Waals surface area contributed by atoms with Gasteiger partial charge in [0, 0.05) is 19.7 Å². The van der Waals surface area contributed by atoms with Gasteiger partial charge in [-0.05, 0) is 20.0 Å². The minimum Gasteiger partial charge on any atom is -0.311 e. The fourth-order valence-corrected chi connectivity index (χ4v) is 1.18. The third-order valence-corrected chi connectivity index (χ3v) is 1.92. The third-order valence-electron chi connectivity index (χ3n) is 1.92. The van der Waals surface area contributed by atoms with Crippen molar-refractivity contribution in [2.75, 3.05) is 7.05 Å². The lowest BCUT2D eigenvalue weighted by molar-refractivity contribution is 0.578. The molecule has 3 nitrogen and oxygen atoms in total. The first-order chi connectivity index (χ1) is 6.27. The van der Waals surface area contributed by atoms with E-state index in [1.54, 1.807) is 4.68 Å². The highest BCUT2D eigenvalue weighted by Gasteiger charge is 2.09. The zero-order chi connectivity index (χ0) is 9.68. The molecule has 0 aliphatic carbocycles. The fraction of sp³-hybridized carbons (Fsp3) is 0.500. The van der Waals surface area contributed by atoms with Gasteiger partial charge < -0.3 is 5.32 Å². The molecule has 0 spiro atoms. The van der Waals surface area contributed by atoms with Crippen LogP contribution in [0.25, 0.3) is 0 Å². The molecule has 1 unspecified atom stereocenters. The van der Waals surface area contributed by atoms with Gasteiger partial charge in [0.1, 0.15) is 0 Å². The van der Waals surface area contributed by atoms with Gasteiger partial charge in [-0.2, -0.15) is 5.10 Å². The van der Waals surface area contributed by atoms with Crippen LogP contribution in [0.4, 0.5) is 0 Å². The van der Waals surface area contributed by atoms with E-state index >= 15 is 0 Å². The summed E-state index contributed by atoms with van der Waals surface area (Å²) < 4.78 is 1.80. The lowest BCUT2D eigenvalue weighted by Gasteiger charge is -2.09. The molecule has 0 radical (unpaired) electrons. The monoisotopic (exact) mass is 177 g/mol. The molecule has 1 N–H and O–H groups in total. The Kier molecular flexibility index (Phi) is 3.53. The van der Waals surface area contributed by atoms with Crippen molar-refractivity contribution < 1.29 is 0 Å². The molecule has 1 atom stereocenters. The first-order valence-electron chi connectivity index (χ1n) is 4.34. The predicted molar refractivity (Wildman–Crippen MR) is 53.1 cm³/mol. The molecule has 0 aliphatic heterocycles. The highest BCUT2D eigenvalue weighted by Crippen LogP contribution is 2.12. The SMILES string of the molecule is CC#CCC(NC)c1ccn(C)n1. The third kappa shape index (κ3) is 2.60. The van der Waals surface area contributed by atoms with E-state index in [-0.39, 0.29) is 6.04 Å². The standard InChI is InChI=1S/C10H15N3/c1-4-5-6-9(11-2)10-7-8-13(3)12-10/h7-9,11H,6H2,1-3H3. The maximum Gasteiger partial charge on any atom is 0.0803 e. The van der Waals surface area contributed by atoms with E-state index in [0.29, 0.717) is 0 Å². The molecule has 13 heavy (non-hydrogen) atoms. The fourth-order valence-electron chi connectivity index (χ4n) is 1.18. The molecule has 0 bridgehead atoms. The van der Waals surface area contributed by atoms with Crippen LogP contribution in [0.5, 0.6) is 0 Å². The summed E-state index contributed by atoms with van der Waals surface area (Å²) in [6.07, 6.45) is 2.75. The molecule has 0 amide bonds. The van der Waals surface area contributed by atoms with Crippen LogP contribution >= 0.6 is 0 Å². The van der Waals surface area contributed by atoms with Crippen molar-refractivity contribution >= 4 is 0 Å². The number of nitrogens with zero attached hydrogens (tertiary/aromatic N) is 2. The molecule has 1 aromatic rings. The van der Waals surface area contributed by atoms with E-state index in [1.807, 2.05) is 33.3 Å². The topological polar surface area (TPSA) is 29.9 Å². The average molecular weight is 177 g/mol. The highest BCUT2D eigenvalue weighted by atomic mass is 15.3. The number of rotatable bonds is 3. The first kappa shape index (κ1) is 9.82. The van der Waals surface area contributed by atoms with Gasteiger partial charge in [0.05, 0.1) is 11.7 Å². The maximum absolute atomic E-state index is 4.32. The van der Waals surface area contributed by atoms with Crippen LogP contribution < -0.4 is 5.32 Å². The molecule has 1 aromatic heterocycles. The highest BCUT2D eigenvalue weighted by molar-refractivity contribution is 5.10. The van der Waals surface area contributed by atoms with Gasteiger partial charge in [-0.15, -0.1) is 11.8 Å². The summed E-state index contributed by atoms with van der Waals surface area (Å²) in [5.41, 5.74) is 1.05. The number of aromatic nitrogens is 2. The van der Waals surface area contributed by atoms with Crippen molar-refractivity contribution in [2.24, 2.45) is 7.05 Å². The van der Waals surface area contributed by atoms with Gasteiger partial charge >= 0.3 is 0 Å². The first-order valence-corrected chi connectivity index (χ1v) is 4.34. The maximum atomic E-state index is 4.32. The molecule has 0 fully saturated rings. The van der Waals surface area contributed by atoms with Crippen molar-refractivity contribution in [1.82, 2.24) is 15.1 Å². The minimum absolute atomic E-state index is 0.244. The Hall–Kier alpha value is -1.27. The quantitative estimate of drug-likeness (QED) is 0.700. The van der Waals surface area contributed by atoms with Crippen LogP contribution in [0, 0.1) is 11.8 Å². The molecule has 0 saturated carbocycles. The lowest BCUT2D eigenvalue weighted by atomic mass is 10.1. The number of hydrogen-bond donors (Lipinski definition) is 1. The van der Waals surface area contributed by atoms with Crippen LogP contribution in [0.3, 0.4) is 0 Å². The molecule has 3 heteroatoms. The van der Waals surface area contributed by atoms with Crippen LogP contribution in [0.2, 0.25) is 0 Å². The molecule has 0 aromatic carbocycles. The molecular formula is C10H15N3. The van der Waals surface area contributed by atoms with Crippen LogP contribution in [-0.2, 0) is 7.05 Å². The average Bonchev–Trinajstić information content (AvgIpc) is 2.54. The van der Waals surface area contributed by atoms with Crippen molar-refractivity contribution in [3.05, 3.63) is 18.0 Å². The largest absolute Gasteiger partial charge is 0.311 e. The normalized spacial score (nSPS) is 11.9. The van der Waals surface area contributed by atoms with E-state index in [9.17, 15) is 0 Å². The summed E-state index contributed by atoms with van der Waals surface area (Å²) in [6.45, 7) is 1.85. The van der Waals surface area contributed by atoms with E-state index in [1.165, 1.54) is 0 Å². The second-order valence-electron chi connectivity index (χ2n) is 2.89. The minimum atomic E-state index is 0.244. The Balaban J connectivity index is 2.70. The van der Waals surface area contributed by atoms with Gasteiger partial charge in [0.15, 0.2) is 0 Å². The Labute approximate surface area is 79.1 Å². The van der Waals surface area contributed by atoms with Gasteiger partial charge in [0.2, 0.25) is 0 Å². The zero-order valence-electron chi connectivity index (χ0n) is 8.33. The summed E-state index contributed by atoms with van der Waals surface area (Å²) >= 11 is 0. The number of nitrogens with one attached hydrogen (secondary N) is 1. The summed E-state index contributed by atoms with van der Waals surface area (Å²) in [7, 11) is 3.85. The van der Waals surface area contributed by atoms with Gasteiger partial charge in [-0.3, -0.25) is 4.68 Å². The smallest absolute Gasteiger partial charge is 0.0803 e. The Morgan fingerprint density at radius 1 is 1.69 bits per heavy atom. The Morgan fingerprint density at radius 3 is 2.92 bits per heavy atom. The molecule has 0 saturated heterocycles. The zero-order valence-corrected chi connectivity index (χ0v) is 8.33. The lowest BCUT2D eigenvalue weighted by Crippen LogP contribution is -2.16. The summed E-state index contributed by atoms with van der Waals surface area (Å²) in [5.74, 6) is 5.93. The van der Waals surface area contributed by atoms with Crippen molar-refractivity contribution in [3.8, 4) is 11.8 Å². The van der Waals surface area contributed by atoms with Gasteiger partial charge in [-0.25, -0.2) is 0 Å². The van der Waals surface area contributed by atoms with E-state index in [4.69, 9.17) is 0 Å². The van der Waals surface area contributed by atoms with Crippen molar-refractivity contribution in [2.45, 2.75) is 19.4 Å². The molecular weight excluding hydrogens is 162 g/mol. The van der Waals surface area contributed by atoms with Crippen molar-refractivity contribution in [3.63, 3.8) is 0 Å². The second-order valence-corrected chi connectivity index (χ2v) is 2.89. The van der Waals surface area contributed by atoms with E-state index in [0.717, 1.165) is 12.1 Å². The van der Waals surface area contributed by atoms with Gasteiger partial charge in [0.25, 0.3) is 0 Å². The summed E-state index contributed by atoms with van der Waals surface area (Å²) in [5, 5.41) is 7.51. The van der Waals surface area contributed by atoms with Crippen LogP contribution in [0.15, 0.2) is 12.3 Å². The van der Waals surface area contributed by atoms with Crippen molar-refractivity contribution in [1.29, 1.82) is 0 Å². The predicted octanol–water partition coefficient (Wildman–Crippen LogP) is 1.09. The number of hydrogen-bond acceptors (Lipinski definition) is 2. The van der Waals surface area contributed by atoms with E-state index < -0.39 is 0 Å². The Morgan fingerprint density at radius 2 is 2.46 bits per heavy atom. The molecule has 70 valence electrons. The molecule has 0 aliphatic rings. The van der Waals surface area contributed by atoms with Gasteiger partial charge in [-0.1, -0.05) is 0 Å².